The summed E-state index contributed by atoms with van der Waals surface area (Å²) >= 11 is 0. The third-order valence-electron chi connectivity index (χ3n) is 4.84. The molecule has 2 saturated carbocycles. The van der Waals surface area contributed by atoms with E-state index in [0.717, 1.165) is 37.5 Å². The first kappa shape index (κ1) is 13.9. The van der Waals surface area contributed by atoms with Crippen LogP contribution in [0.1, 0.15) is 58.8 Å². The van der Waals surface area contributed by atoms with Gasteiger partial charge in [-0.05, 0) is 56.8 Å². The lowest BCUT2D eigenvalue weighted by molar-refractivity contribution is -0.126. The zero-order chi connectivity index (χ0) is 13.1. The number of rotatable bonds is 3. The van der Waals surface area contributed by atoms with E-state index in [1.165, 1.54) is 12.8 Å². The third kappa shape index (κ3) is 3.47. The number of aliphatic hydroxyl groups excluding tert-OH is 1. The molecule has 0 aromatic heterocycles. The fraction of sp³-hybridized carbons (Fsp3) is 0.933. The molecular weight excluding hydrogens is 226 g/mol. The Hall–Kier alpha value is -0.570. The van der Waals surface area contributed by atoms with Gasteiger partial charge in [-0.2, -0.15) is 0 Å². The van der Waals surface area contributed by atoms with Gasteiger partial charge in [0.25, 0.3) is 0 Å². The van der Waals surface area contributed by atoms with Crippen LogP contribution in [0.3, 0.4) is 0 Å². The highest BCUT2D eigenvalue weighted by atomic mass is 16.3. The Morgan fingerprint density at radius 3 is 2.28 bits per heavy atom. The highest BCUT2D eigenvalue weighted by molar-refractivity contribution is 5.79. The van der Waals surface area contributed by atoms with Crippen molar-refractivity contribution in [1.29, 1.82) is 0 Å². The van der Waals surface area contributed by atoms with Crippen molar-refractivity contribution >= 4 is 5.91 Å². The molecule has 0 saturated heterocycles. The van der Waals surface area contributed by atoms with Crippen LogP contribution in [0.25, 0.3) is 0 Å². The second kappa shape index (κ2) is 6.05. The van der Waals surface area contributed by atoms with Crippen LogP contribution in [0, 0.1) is 17.8 Å². The normalized spacial score (nSPS) is 36.9. The minimum absolute atomic E-state index is 0.0582. The summed E-state index contributed by atoms with van der Waals surface area (Å²) in [5.41, 5.74) is 0. The van der Waals surface area contributed by atoms with Gasteiger partial charge in [-0.15, -0.1) is 0 Å². The van der Waals surface area contributed by atoms with E-state index in [9.17, 15) is 9.90 Å². The van der Waals surface area contributed by atoms with E-state index in [2.05, 4.69) is 19.2 Å². The van der Waals surface area contributed by atoms with Crippen molar-refractivity contribution in [3.8, 4) is 0 Å². The molecular formula is C15H27NO2. The minimum Gasteiger partial charge on any atom is -0.393 e. The number of carbonyl (C=O) groups is 1. The quantitative estimate of drug-likeness (QED) is 0.812. The van der Waals surface area contributed by atoms with Crippen LogP contribution in [0.5, 0.6) is 0 Å². The monoisotopic (exact) mass is 253 g/mol. The van der Waals surface area contributed by atoms with Gasteiger partial charge in [-0.1, -0.05) is 13.8 Å². The molecule has 0 heterocycles. The SMILES string of the molecule is CC(C)C1CCC(NC(=O)[C@H]2CC[C@H](O)C2)CC1. The van der Waals surface area contributed by atoms with Gasteiger partial charge in [-0.3, -0.25) is 4.79 Å². The van der Waals surface area contributed by atoms with Gasteiger partial charge < -0.3 is 10.4 Å². The molecule has 2 aliphatic rings. The maximum atomic E-state index is 12.1. The molecule has 0 aromatic carbocycles. The molecule has 3 nitrogen and oxygen atoms in total. The van der Waals surface area contributed by atoms with Crippen molar-refractivity contribution in [2.45, 2.75) is 70.9 Å². The molecule has 0 bridgehead atoms. The zero-order valence-corrected chi connectivity index (χ0v) is 11.7. The maximum absolute atomic E-state index is 12.1. The molecule has 1 amide bonds. The number of hydrogen-bond acceptors (Lipinski definition) is 2. The predicted molar refractivity (Wildman–Crippen MR) is 72.1 cm³/mol. The highest BCUT2D eigenvalue weighted by Gasteiger charge is 2.31. The van der Waals surface area contributed by atoms with Gasteiger partial charge in [0.2, 0.25) is 5.91 Å². The lowest BCUT2D eigenvalue weighted by Crippen LogP contribution is -2.41. The van der Waals surface area contributed by atoms with Crippen LogP contribution in [-0.2, 0) is 4.79 Å². The van der Waals surface area contributed by atoms with Crippen molar-refractivity contribution in [3.63, 3.8) is 0 Å². The largest absolute Gasteiger partial charge is 0.393 e. The molecule has 104 valence electrons. The van der Waals surface area contributed by atoms with Crippen molar-refractivity contribution in [2.75, 3.05) is 0 Å². The Morgan fingerprint density at radius 1 is 1.11 bits per heavy atom. The summed E-state index contributed by atoms with van der Waals surface area (Å²) < 4.78 is 0. The zero-order valence-electron chi connectivity index (χ0n) is 11.7. The predicted octanol–water partition coefficient (Wildman–Crippen LogP) is 2.48. The number of amides is 1. The second-order valence-electron chi connectivity index (χ2n) is 6.53. The molecule has 2 atom stereocenters. The van der Waals surface area contributed by atoms with Gasteiger partial charge in [-0.25, -0.2) is 0 Å². The molecule has 3 heteroatoms. The van der Waals surface area contributed by atoms with Gasteiger partial charge in [0.05, 0.1) is 6.10 Å². The fourth-order valence-electron chi connectivity index (χ4n) is 3.45. The van der Waals surface area contributed by atoms with Crippen molar-refractivity contribution in [2.24, 2.45) is 17.8 Å². The Balaban J connectivity index is 1.73. The van der Waals surface area contributed by atoms with E-state index in [0.29, 0.717) is 12.5 Å². The highest BCUT2D eigenvalue weighted by Crippen LogP contribution is 2.31. The van der Waals surface area contributed by atoms with Gasteiger partial charge >= 0.3 is 0 Å². The summed E-state index contributed by atoms with van der Waals surface area (Å²) in [6.45, 7) is 4.59. The van der Waals surface area contributed by atoms with Crippen molar-refractivity contribution in [1.82, 2.24) is 5.32 Å². The molecule has 0 aromatic rings. The minimum atomic E-state index is -0.252. The summed E-state index contributed by atoms with van der Waals surface area (Å²) in [5.74, 6) is 1.85. The summed E-state index contributed by atoms with van der Waals surface area (Å²) in [6.07, 6.45) is 6.80. The van der Waals surface area contributed by atoms with E-state index in [1.54, 1.807) is 0 Å². The lowest BCUT2D eigenvalue weighted by atomic mass is 9.79. The van der Waals surface area contributed by atoms with E-state index in [-0.39, 0.29) is 17.9 Å². The van der Waals surface area contributed by atoms with Crippen LogP contribution in [0.2, 0.25) is 0 Å². The van der Waals surface area contributed by atoms with Crippen LogP contribution in [-0.4, -0.2) is 23.2 Å². The van der Waals surface area contributed by atoms with Gasteiger partial charge in [0, 0.05) is 12.0 Å². The Kier molecular flexibility index (Phi) is 4.66. The molecule has 0 spiro atoms. The summed E-state index contributed by atoms with van der Waals surface area (Å²) in [4.78, 5) is 12.1. The van der Waals surface area contributed by atoms with Crippen molar-refractivity contribution < 1.29 is 9.90 Å². The average molecular weight is 253 g/mol. The maximum Gasteiger partial charge on any atom is 0.223 e. The smallest absolute Gasteiger partial charge is 0.223 e. The summed E-state index contributed by atoms with van der Waals surface area (Å²) in [5, 5.41) is 12.7. The average Bonchev–Trinajstić information content (AvgIpc) is 2.76. The number of aliphatic hydroxyl groups is 1. The third-order valence-corrected chi connectivity index (χ3v) is 4.84. The van der Waals surface area contributed by atoms with Gasteiger partial charge in [0.1, 0.15) is 0 Å². The van der Waals surface area contributed by atoms with Crippen LogP contribution in [0.15, 0.2) is 0 Å². The van der Waals surface area contributed by atoms with E-state index in [1.807, 2.05) is 0 Å². The second-order valence-corrected chi connectivity index (χ2v) is 6.53. The fourth-order valence-corrected chi connectivity index (χ4v) is 3.45. The number of hydrogen-bond donors (Lipinski definition) is 2. The van der Waals surface area contributed by atoms with Crippen LogP contribution >= 0.6 is 0 Å². The van der Waals surface area contributed by atoms with E-state index < -0.39 is 0 Å². The first-order chi connectivity index (χ1) is 8.56. The summed E-state index contributed by atoms with van der Waals surface area (Å²) in [7, 11) is 0. The Morgan fingerprint density at radius 2 is 1.78 bits per heavy atom. The number of carbonyl (C=O) groups excluding carboxylic acids is 1. The Labute approximate surface area is 110 Å². The molecule has 0 unspecified atom stereocenters. The molecule has 2 fully saturated rings. The van der Waals surface area contributed by atoms with Crippen LogP contribution in [0.4, 0.5) is 0 Å². The standard InChI is InChI=1S/C15H27NO2/c1-10(2)11-3-6-13(7-4-11)16-15(18)12-5-8-14(17)9-12/h10-14,17H,3-9H2,1-2H3,(H,16,18)/t11?,12-,13?,14-/m0/s1. The summed E-state index contributed by atoms with van der Waals surface area (Å²) in [6, 6.07) is 0.380. The van der Waals surface area contributed by atoms with Crippen molar-refractivity contribution in [3.05, 3.63) is 0 Å². The van der Waals surface area contributed by atoms with Gasteiger partial charge in [0.15, 0.2) is 0 Å². The molecule has 2 aliphatic carbocycles. The van der Waals surface area contributed by atoms with Crippen LogP contribution < -0.4 is 5.32 Å². The van der Waals surface area contributed by atoms with E-state index in [4.69, 9.17) is 0 Å². The lowest BCUT2D eigenvalue weighted by Gasteiger charge is -2.31. The molecule has 0 aliphatic heterocycles. The molecule has 18 heavy (non-hydrogen) atoms. The first-order valence-electron chi connectivity index (χ1n) is 7.54. The van der Waals surface area contributed by atoms with E-state index >= 15 is 0 Å². The molecule has 2 N–H and O–H groups in total. The first-order valence-corrected chi connectivity index (χ1v) is 7.54. The Bertz CT molecular complexity index is 282. The molecule has 2 rings (SSSR count). The molecule has 0 radical (unpaired) electrons. The number of nitrogens with one attached hydrogen (secondary N) is 1. The topological polar surface area (TPSA) is 49.3 Å².